The van der Waals surface area contributed by atoms with E-state index in [4.69, 9.17) is 15.0 Å². The number of benzene rings is 7. The van der Waals surface area contributed by atoms with E-state index in [1.165, 1.54) is 37.8 Å². The Morgan fingerprint density at radius 2 is 0.740 bits per heavy atom. The van der Waals surface area contributed by atoms with E-state index in [1.807, 2.05) is 60.7 Å². The highest BCUT2D eigenvalue weighted by Gasteiger charge is 2.42. The Hall–Kier alpha value is -6.23. The topological polar surface area (TPSA) is 38.7 Å². The summed E-state index contributed by atoms with van der Waals surface area (Å²) in [5.74, 6) is 1.97. The van der Waals surface area contributed by atoms with E-state index in [0.29, 0.717) is 17.5 Å². The highest BCUT2D eigenvalue weighted by atomic mass is 28.3. The number of nitrogens with zero attached hydrogens (tertiary/aromatic N) is 3. The smallest absolute Gasteiger partial charge is 0.164 e. The first-order chi connectivity index (χ1) is 24.6. The molecule has 4 heteroatoms. The molecule has 0 amide bonds. The van der Waals surface area contributed by atoms with Crippen LogP contribution in [0, 0.1) is 0 Å². The van der Waals surface area contributed by atoms with Crippen molar-refractivity contribution in [3.63, 3.8) is 0 Å². The first-order valence-corrected chi connectivity index (χ1v) is 19.5. The van der Waals surface area contributed by atoms with Crippen molar-refractivity contribution in [2.75, 3.05) is 0 Å². The number of rotatable bonds is 6. The monoisotopic (exact) mass is 655 g/mol. The van der Waals surface area contributed by atoms with Crippen LogP contribution in [-0.2, 0) is 0 Å². The molecule has 0 saturated carbocycles. The second kappa shape index (κ2) is 12.3. The van der Waals surface area contributed by atoms with Crippen molar-refractivity contribution >= 4 is 23.6 Å². The molecule has 0 bridgehead atoms. The lowest BCUT2D eigenvalue weighted by atomic mass is 9.96. The second-order valence-corrected chi connectivity index (χ2v) is 16.9. The summed E-state index contributed by atoms with van der Waals surface area (Å²) in [6.07, 6.45) is 0. The average Bonchev–Trinajstić information content (AvgIpc) is 3.47. The summed E-state index contributed by atoms with van der Waals surface area (Å²) >= 11 is 0. The molecule has 8 aromatic rings. The van der Waals surface area contributed by atoms with Gasteiger partial charge in [0.05, 0.1) is 0 Å². The quantitative estimate of drug-likeness (QED) is 0.168. The second-order valence-electron chi connectivity index (χ2n) is 13.0. The SMILES string of the molecule is C[Si]1(c2ccccc2)c2ccccc2-c2ccc(-c3cccc(-c4cccc(-c5nc(-c6ccccc6)nc(-c6ccccc6)n5)c4)c3)cc21. The highest BCUT2D eigenvalue weighted by Crippen LogP contribution is 2.34. The molecule has 0 aliphatic carbocycles. The number of aromatic nitrogens is 3. The lowest BCUT2D eigenvalue weighted by Crippen LogP contribution is -2.62. The Kier molecular flexibility index (Phi) is 7.37. The predicted octanol–water partition coefficient (Wildman–Crippen LogP) is 9.29. The summed E-state index contributed by atoms with van der Waals surface area (Å²) in [7, 11) is -2.17. The van der Waals surface area contributed by atoms with Gasteiger partial charge in [0.1, 0.15) is 8.07 Å². The minimum Gasteiger partial charge on any atom is -0.208 e. The van der Waals surface area contributed by atoms with E-state index in [9.17, 15) is 0 Å². The van der Waals surface area contributed by atoms with Crippen molar-refractivity contribution in [2.45, 2.75) is 6.55 Å². The molecule has 3 nitrogen and oxygen atoms in total. The Labute approximate surface area is 293 Å². The molecule has 0 radical (unpaired) electrons. The van der Waals surface area contributed by atoms with Crippen LogP contribution in [0.15, 0.2) is 182 Å². The fourth-order valence-electron chi connectivity index (χ4n) is 7.41. The summed E-state index contributed by atoms with van der Waals surface area (Å²) in [6, 6.07) is 64.8. The van der Waals surface area contributed by atoms with Gasteiger partial charge in [0.2, 0.25) is 0 Å². The van der Waals surface area contributed by atoms with Crippen molar-refractivity contribution in [2.24, 2.45) is 0 Å². The fraction of sp³-hybridized carbons (Fsp3) is 0.0217. The van der Waals surface area contributed by atoms with Crippen LogP contribution in [0.5, 0.6) is 0 Å². The number of hydrogen-bond acceptors (Lipinski definition) is 3. The fourth-order valence-corrected chi connectivity index (χ4v) is 11.6. The van der Waals surface area contributed by atoms with Crippen molar-refractivity contribution in [1.82, 2.24) is 15.0 Å². The van der Waals surface area contributed by atoms with E-state index >= 15 is 0 Å². The number of fused-ring (bicyclic) bond motifs is 3. The third-order valence-corrected chi connectivity index (χ3v) is 14.5. The van der Waals surface area contributed by atoms with Crippen LogP contribution in [0.4, 0.5) is 0 Å². The first-order valence-electron chi connectivity index (χ1n) is 17.0. The van der Waals surface area contributed by atoms with E-state index in [2.05, 4.69) is 128 Å². The van der Waals surface area contributed by atoms with Gasteiger partial charge in [-0.05, 0) is 61.1 Å². The molecule has 0 N–H and O–H groups in total. The van der Waals surface area contributed by atoms with Crippen LogP contribution in [0.3, 0.4) is 0 Å². The van der Waals surface area contributed by atoms with Gasteiger partial charge >= 0.3 is 0 Å². The maximum Gasteiger partial charge on any atom is 0.164 e. The van der Waals surface area contributed by atoms with Crippen molar-refractivity contribution in [1.29, 1.82) is 0 Å². The van der Waals surface area contributed by atoms with Crippen LogP contribution >= 0.6 is 0 Å². The van der Waals surface area contributed by atoms with Crippen molar-refractivity contribution in [3.8, 4) is 67.5 Å². The summed E-state index contributed by atoms with van der Waals surface area (Å²) in [5.41, 5.74) is 10.3. The van der Waals surface area contributed by atoms with Gasteiger partial charge < -0.3 is 0 Å². The molecule has 9 rings (SSSR count). The molecule has 0 fully saturated rings. The maximum absolute atomic E-state index is 4.97. The van der Waals surface area contributed by atoms with Crippen LogP contribution in [0.25, 0.3) is 67.5 Å². The normalized spacial score (nSPS) is 14.6. The third-order valence-electron chi connectivity index (χ3n) is 10.0. The standard InChI is InChI=1S/C46H33N3Si/c1-50(39-23-9-4-10-24-39)42-26-12-11-25-40(42)41-28-27-37(31-43(41)50)35-20-13-19-34(29-35)36-21-14-22-38(30-36)46-48-44(32-15-5-2-6-16-32)47-45(49-46)33-17-7-3-8-18-33/h2-31H,1H3. The molecular formula is C46H33N3Si. The highest BCUT2D eigenvalue weighted by molar-refractivity contribution is 7.13. The zero-order valence-electron chi connectivity index (χ0n) is 27.7. The molecule has 1 aromatic heterocycles. The van der Waals surface area contributed by atoms with Gasteiger partial charge in [0.25, 0.3) is 0 Å². The predicted molar refractivity (Wildman–Crippen MR) is 209 cm³/mol. The van der Waals surface area contributed by atoms with Gasteiger partial charge in [0.15, 0.2) is 17.5 Å². The van der Waals surface area contributed by atoms with Gasteiger partial charge in [-0.3, -0.25) is 0 Å². The van der Waals surface area contributed by atoms with Gasteiger partial charge in [-0.15, -0.1) is 0 Å². The van der Waals surface area contributed by atoms with E-state index in [0.717, 1.165) is 27.8 Å². The molecule has 0 spiro atoms. The largest absolute Gasteiger partial charge is 0.208 e. The minimum atomic E-state index is -2.17. The Bertz CT molecular complexity index is 2440. The van der Waals surface area contributed by atoms with E-state index < -0.39 is 8.07 Å². The van der Waals surface area contributed by atoms with Crippen LogP contribution in [0.1, 0.15) is 0 Å². The summed E-state index contributed by atoms with van der Waals surface area (Å²) in [4.78, 5) is 14.8. The van der Waals surface area contributed by atoms with E-state index in [-0.39, 0.29) is 0 Å². The maximum atomic E-state index is 4.97. The molecular weight excluding hydrogens is 623 g/mol. The Balaban J connectivity index is 1.11. The summed E-state index contributed by atoms with van der Waals surface area (Å²) in [6.45, 7) is 2.51. The Morgan fingerprint density at radius 1 is 0.320 bits per heavy atom. The molecule has 7 aromatic carbocycles. The molecule has 1 atom stereocenters. The van der Waals surface area contributed by atoms with Crippen LogP contribution < -0.4 is 15.6 Å². The van der Waals surface area contributed by atoms with Crippen LogP contribution in [-0.4, -0.2) is 23.0 Å². The molecule has 1 aliphatic heterocycles. The molecule has 0 saturated heterocycles. The van der Waals surface area contributed by atoms with Gasteiger partial charge in [-0.25, -0.2) is 15.0 Å². The molecule has 2 heterocycles. The minimum absolute atomic E-state index is 0.652. The zero-order chi connectivity index (χ0) is 33.5. The lowest BCUT2D eigenvalue weighted by molar-refractivity contribution is 1.07. The molecule has 1 unspecified atom stereocenters. The summed E-state index contributed by atoms with van der Waals surface area (Å²) < 4.78 is 0. The molecule has 50 heavy (non-hydrogen) atoms. The van der Waals surface area contributed by atoms with Crippen molar-refractivity contribution < 1.29 is 0 Å². The first kappa shape index (κ1) is 29.9. The zero-order valence-corrected chi connectivity index (χ0v) is 28.7. The van der Waals surface area contributed by atoms with Gasteiger partial charge in [-0.1, -0.05) is 176 Å². The van der Waals surface area contributed by atoms with Gasteiger partial charge in [-0.2, -0.15) is 0 Å². The van der Waals surface area contributed by atoms with Gasteiger partial charge in [0, 0.05) is 16.7 Å². The average molecular weight is 656 g/mol. The lowest BCUT2D eigenvalue weighted by Gasteiger charge is -2.26. The van der Waals surface area contributed by atoms with Crippen molar-refractivity contribution in [3.05, 3.63) is 182 Å². The van der Waals surface area contributed by atoms with E-state index in [1.54, 1.807) is 0 Å². The third kappa shape index (κ3) is 5.18. The summed E-state index contributed by atoms with van der Waals surface area (Å²) in [5, 5.41) is 4.42. The van der Waals surface area contributed by atoms with Crippen LogP contribution in [0.2, 0.25) is 6.55 Å². The molecule has 236 valence electrons. The Morgan fingerprint density at radius 3 is 1.34 bits per heavy atom. The number of hydrogen-bond donors (Lipinski definition) is 0. The molecule has 1 aliphatic rings.